The third-order valence-electron chi connectivity index (χ3n) is 3.19. The molecule has 1 saturated heterocycles. The molecule has 0 unspecified atom stereocenters. The summed E-state index contributed by atoms with van der Waals surface area (Å²) in [6, 6.07) is 0. The summed E-state index contributed by atoms with van der Waals surface area (Å²) in [6.07, 6.45) is 3.04. The maximum Gasteiger partial charge on any atom is 0.246 e. The number of sulfonamides is 1. The smallest absolute Gasteiger partial charge is 0.246 e. The van der Waals surface area contributed by atoms with E-state index in [-0.39, 0.29) is 4.90 Å². The van der Waals surface area contributed by atoms with Gasteiger partial charge in [0.1, 0.15) is 4.90 Å². The van der Waals surface area contributed by atoms with E-state index in [1.807, 2.05) is 0 Å². The van der Waals surface area contributed by atoms with Crippen molar-refractivity contribution in [3.63, 3.8) is 0 Å². The van der Waals surface area contributed by atoms with Gasteiger partial charge in [0.15, 0.2) is 0 Å². The lowest BCUT2D eigenvalue weighted by Gasteiger charge is -2.29. The predicted molar refractivity (Wildman–Crippen MR) is 65.5 cm³/mol. The van der Waals surface area contributed by atoms with E-state index in [0.717, 1.165) is 12.8 Å². The summed E-state index contributed by atoms with van der Waals surface area (Å²) < 4.78 is 26.1. The van der Waals surface area contributed by atoms with Crippen LogP contribution >= 0.6 is 11.6 Å². The number of hydrogen-bond acceptors (Lipinski definition) is 3. The van der Waals surface area contributed by atoms with Crippen molar-refractivity contribution in [1.82, 2.24) is 14.5 Å². The molecule has 2 rings (SSSR count). The van der Waals surface area contributed by atoms with Crippen LogP contribution in [-0.4, -0.2) is 41.9 Å². The van der Waals surface area contributed by atoms with Gasteiger partial charge in [-0.15, -0.1) is 11.6 Å². The van der Waals surface area contributed by atoms with Crippen molar-refractivity contribution in [2.75, 3.05) is 19.0 Å². The van der Waals surface area contributed by atoms with E-state index < -0.39 is 10.0 Å². The fourth-order valence-electron chi connectivity index (χ4n) is 2.04. The Balaban J connectivity index is 2.16. The van der Waals surface area contributed by atoms with Crippen molar-refractivity contribution in [3.8, 4) is 0 Å². The lowest BCUT2D eigenvalue weighted by atomic mass is 10.0. The number of nitrogens with one attached hydrogen (secondary N) is 1. The monoisotopic (exact) mass is 277 g/mol. The highest BCUT2D eigenvalue weighted by atomic mass is 35.5. The van der Waals surface area contributed by atoms with Crippen LogP contribution < -0.4 is 0 Å². The number of aromatic amines is 1. The van der Waals surface area contributed by atoms with Crippen molar-refractivity contribution in [2.45, 2.75) is 24.7 Å². The molecule has 1 N–H and O–H groups in total. The Labute approximate surface area is 106 Å². The van der Waals surface area contributed by atoms with Gasteiger partial charge in [0, 0.05) is 19.0 Å². The summed E-state index contributed by atoms with van der Waals surface area (Å²) in [6.45, 7) is 2.81. The van der Waals surface area contributed by atoms with Gasteiger partial charge in [-0.2, -0.15) is 9.40 Å². The van der Waals surface area contributed by atoms with Crippen molar-refractivity contribution >= 4 is 21.6 Å². The SMILES string of the molecule is Cc1[nH]ncc1S(=O)(=O)N1CCC(CCl)CC1. The summed E-state index contributed by atoms with van der Waals surface area (Å²) in [5.74, 6) is 1.05. The number of halogens is 1. The minimum atomic E-state index is -3.38. The van der Waals surface area contributed by atoms with E-state index in [2.05, 4.69) is 10.2 Å². The molecule has 1 aromatic heterocycles. The third kappa shape index (κ3) is 2.48. The number of nitrogens with zero attached hydrogens (tertiary/aromatic N) is 2. The van der Waals surface area contributed by atoms with Crippen LogP contribution in [0.25, 0.3) is 0 Å². The maximum absolute atomic E-state index is 12.3. The average molecular weight is 278 g/mol. The molecule has 0 aliphatic carbocycles. The van der Waals surface area contributed by atoms with Gasteiger partial charge in [-0.05, 0) is 25.7 Å². The lowest BCUT2D eigenvalue weighted by molar-refractivity contribution is 0.290. The molecular formula is C10H16ClN3O2S. The van der Waals surface area contributed by atoms with Gasteiger partial charge in [-0.1, -0.05) is 0 Å². The molecule has 96 valence electrons. The van der Waals surface area contributed by atoms with Gasteiger partial charge in [-0.25, -0.2) is 8.42 Å². The number of H-pyrrole nitrogens is 1. The molecule has 1 aromatic rings. The molecule has 7 heteroatoms. The lowest BCUT2D eigenvalue weighted by Crippen LogP contribution is -2.38. The van der Waals surface area contributed by atoms with E-state index in [1.165, 1.54) is 10.5 Å². The van der Waals surface area contributed by atoms with E-state index in [4.69, 9.17) is 11.6 Å². The molecule has 0 aromatic carbocycles. The van der Waals surface area contributed by atoms with Gasteiger partial charge >= 0.3 is 0 Å². The Kier molecular flexibility index (Phi) is 3.75. The van der Waals surface area contributed by atoms with Crippen LogP contribution in [0.2, 0.25) is 0 Å². The first-order valence-corrected chi connectivity index (χ1v) is 7.59. The quantitative estimate of drug-likeness (QED) is 0.849. The molecule has 0 amide bonds. The first-order chi connectivity index (χ1) is 8.05. The Morgan fingerprint density at radius 2 is 2.18 bits per heavy atom. The van der Waals surface area contributed by atoms with Gasteiger partial charge in [0.2, 0.25) is 10.0 Å². The van der Waals surface area contributed by atoms with Crippen LogP contribution in [0.5, 0.6) is 0 Å². The Morgan fingerprint density at radius 1 is 1.53 bits per heavy atom. The standard InChI is InChI=1S/C10H16ClN3O2S/c1-8-10(7-12-13-8)17(15,16)14-4-2-9(6-11)3-5-14/h7,9H,2-6H2,1H3,(H,12,13). The second-order valence-corrected chi connectivity index (χ2v) is 6.58. The number of hydrogen-bond donors (Lipinski definition) is 1. The van der Waals surface area contributed by atoms with Crippen LogP contribution in [-0.2, 0) is 10.0 Å². The Morgan fingerprint density at radius 3 is 2.65 bits per heavy atom. The third-order valence-corrected chi connectivity index (χ3v) is 5.64. The zero-order valence-electron chi connectivity index (χ0n) is 9.69. The fourth-order valence-corrected chi connectivity index (χ4v) is 3.94. The molecule has 0 spiro atoms. The molecule has 17 heavy (non-hydrogen) atoms. The van der Waals surface area contributed by atoms with E-state index in [9.17, 15) is 8.42 Å². The van der Waals surface area contributed by atoms with Gasteiger partial charge in [-0.3, -0.25) is 5.10 Å². The highest BCUT2D eigenvalue weighted by Crippen LogP contribution is 2.25. The molecule has 0 atom stereocenters. The zero-order valence-corrected chi connectivity index (χ0v) is 11.3. The summed E-state index contributed by atoms with van der Waals surface area (Å²) in [7, 11) is -3.38. The molecule has 0 saturated carbocycles. The minimum absolute atomic E-state index is 0.279. The van der Waals surface area contributed by atoms with E-state index in [1.54, 1.807) is 6.92 Å². The molecule has 1 fully saturated rings. The van der Waals surface area contributed by atoms with Crippen molar-refractivity contribution in [1.29, 1.82) is 0 Å². The first-order valence-electron chi connectivity index (χ1n) is 5.61. The molecule has 5 nitrogen and oxygen atoms in total. The molecule has 1 aliphatic heterocycles. The van der Waals surface area contributed by atoms with Crippen LogP contribution in [0.4, 0.5) is 0 Å². The number of alkyl halides is 1. The highest BCUT2D eigenvalue weighted by Gasteiger charge is 2.30. The summed E-state index contributed by atoms with van der Waals surface area (Å²) in [5, 5.41) is 6.42. The second kappa shape index (κ2) is 4.96. The first kappa shape index (κ1) is 12.9. The molecule has 2 heterocycles. The minimum Gasteiger partial charge on any atom is -0.281 e. The van der Waals surface area contributed by atoms with E-state index in [0.29, 0.717) is 30.6 Å². The molecule has 0 radical (unpaired) electrons. The maximum atomic E-state index is 12.3. The predicted octanol–water partition coefficient (Wildman–Crippen LogP) is 1.36. The van der Waals surface area contributed by atoms with Gasteiger partial charge < -0.3 is 0 Å². The van der Waals surface area contributed by atoms with Crippen LogP contribution in [0.3, 0.4) is 0 Å². The number of aromatic nitrogens is 2. The van der Waals surface area contributed by atoms with Crippen LogP contribution in [0.15, 0.2) is 11.1 Å². The topological polar surface area (TPSA) is 66.1 Å². The van der Waals surface area contributed by atoms with Crippen molar-refractivity contribution in [3.05, 3.63) is 11.9 Å². The average Bonchev–Trinajstić information content (AvgIpc) is 2.76. The van der Waals surface area contributed by atoms with Gasteiger partial charge in [0.25, 0.3) is 0 Å². The highest BCUT2D eigenvalue weighted by molar-refractivity contribution is 7.89. The number of aryl methyl sites for hydroxylation is 1. The second-order valence-electron chi connectivity index (χ2n) is 4.36. The fraction of sp³-hybridized carbons (Fsp3) is 0.700. The van der Waals surface area contributed by atoms with Gasteiger partial charge in [0.05, 0.1) is 11.9 Å². The summed E-state index contributed by atoms with van der Waals surface area (Å²) in [4.78, 5) is 0.279. The summed E-state index contributed by atoms with van der Waals surface area (Å²) in [5.41, 5.74) is 0.587. The normalized spacial score (nSPS) is 19.6. The van der Waals surface area contributed by atoms with Crippen LogP contribution in [0.1, 0.15) is 18.5 Å². The number of rotatable bonds is 3. The Hall–Kier alpha value is -0.590. The molecule has 1 aliphatic rings. The van der Waals surface area contributed by atoms with Crippen molar-refractivity contribution in [2.24, 2.45) is 5.92 Å². The van der Waals surface area contributed by atoms with Crippen molar-refractivity contribution < 1.29 is 8.42 Å². The zero-order chi connectivity index (χ0) is 12.5. The number of piperidine rings is 1. The largest absolute Gasteiger partial charge is 0.281 e. The molecular weight excluding hydrogens is 262 g/mol. The van der Waals surface area contributed by atoms with E-state index >= 15 is 0 Å². The Bertz CT molecular complexity index is 477. The summed E-state index contributed by atoms with van der Waals surface area (Å²) >= 11 is 5.78. The van der Waals surface area contributed by atoms with Crippen LogP contribution in [0, 0.1) is 12.8 Å². The molecule has 0 bridgehead atoms.